The lowest BCUT2D eigenvalue weighted by atomic mass is 10.1. The molecule has 168 valence electrons. The van der Waals surface area contributed by atoms with Gasteiger partial charge < -0.3 is 4.74 Å². The largest absolute Gasteiger partial charge is 0.489 e. The normalized spacial score (nSPS) is 11.8. The molecule has 0 aliphatic rings. The summed E-state index contributed by atoms with van der Waals surface area (Å²) in [6.07, 6.45) is 0. The summed E-state index contributed by atoms with van der Waals surface area (Å²) in [5.41, 5.74) is 2.60. The average Bonchev–Trinajstić information content (AvgIpc) is 3.18. The minimum atomic E-state index is -0.441. The third-order valence-electron chi connectivity index (χ3n) is 4.98. The van der Waals surface area contributed by atoms with Crippen molar-refractivity contribution in [2.24, 2.45) is 0 Å². The Hall–Kier alpha value is -3.36. The van der Waals surface area contributed by atoms with E-state index in [2.05, 4.69) is 10.2 Å². The number of rotatable bonds is 9. The molecule has 0 fully saturated rings. The van der Waals surface area contributed by atoms with Crippen molar-refractivity contribution >= 4 is 23.4 Å². The lowest BCUT2D eigenvalue weighted by Gasteiger charge is -2.15. The first-order valence-corrected chi connectivity index (χ1v) is 11.5. The van der Waals surface area contributed by atoms with Crippen molar-refractivity contribution in [3.8, 4) is 11.4 Å². The number of aromatic nitrogens is 3. The zero-order valence-electron chi connectivity index (χ0n) is 17.8. The minimum Gasteiger partial charge on any atom is -0.489 e. The molecule has 0 N–H and O–H groups in total. The molecule has 1 atom stereocenters. The molecular weight excluding hydrogens is 460 g/mol. The lowest BCUT2D eigenvalue weighted by Crippen LogP contribution is -2.11. The molecule has 0 aliphatic heterocycles. The molecule has 0 saturated heterocycles. The van der Waals surface area contributed by atoms with Gasteiger partial charge in [0, 0.05) is 21.2 Å². The van der Waals surface area contributed by atoms with Gasteiger partial charge in [0.15, 0.2) is 5.16 Å². The summed E-state index contributed by atoms with van der Waals surface area (Å²) < 4.78 is 7.74. The average molecular weight is 481 g/mol. The summed E-state index contributed by atoms with van der Waals surface area (Å²) in [5, 5.41) is 20.7. The van der Waals surface area contributed by atoms with Gasteiger partial charge in [0.05, 0.1) is 0 Å². The van der Waals surface area contributed by atoms with Crippen LogP contribution < -0.4 is 4.74 Å². The van der Waals surface area contributed by atoms with E-state index in [0.717, 1.165) is 16.8 Å². The molecule has 3 aromatic carbocycles. The summed E-state index contributed by atoms with van der Waals surface area (Å²) >= 11 is 7.50. The molecule has 7 nitrogen and oxygen atoms in total. The van der Waals surface area contributed by atoms with Crippen LogP contribution >= 0.6 is 23.4 Å². The Morgan fingerprint density at radius 3 is 2.42 bits per heavy atom. The molecule has 1 aromatic heterocycles. The van der Waals surface area contributed by atoms with Gasteiger partial charge in [-0.1, -0.05) is 71.9 Å². The fourth-order valence-corrected chi connectivity index (χ4v) is 4.69. The molecule has 0 spiro atoms. The predicted molar refractivity (Wildman–Crippen MR) is 129 cm³/mol. The maximum atomic E-state index is 11.4. The Kier molecular flexibility index (Phi) is 7.26. The third-order valence-corrected chi connectivity index (χ3v) is 6.53. The van der Waals surface area contributed by atoms with Gasteiger partial charge in [0.1, 0.15) is 23.4 Å². The van der Waals surface area contributed by atoms with E-state index in [0.29, 0.717) is 28.4 Å². The van der Waals surface area contributed by atoms with Crippen LogP contribution in [0.25, 0.3) is 5.69 Å². The number of nitro groups is 1. The number of halogens is 1. The van der Waals surface area contributed by atoms with Crippen LogP contribution in [0.1, 0.15) is 22.2 Å². The number of aryl methyl sites for hydroxylation is 1. The lowest BCUT2D eigenvalue weighted by molar-refractivity contribution is -0.479. The number of nitrogens with zero attached hydrogens (tertiary/aromatic N) is 4. The zero-order valence-corrected chi connectivity index (χ0v) is 19.4. The van der Waals surface area contributed by atoms with Crippen LogP contribution in [-0.4, -0.2) is 26.2 Å². The monoisotopic (exact) mass is 480 g/mol. The predicted octanol–water partition coefficient (Wildman–Crippen LogP) is 5.92. The second-order valence-corrected chi connectivity index (χ2v) is 8.85. The van der Waals surface area contributed by atoms with Crippen molar-refractivity contribution < 1.29 is 9.66 Å². The Morgan fingerprint density at radius 1 is 1.03 bits per heavy atom. The van der Waals surface area contributed by atoms with Crippen LogP contribution in [0.5, 0.6) is 5.75 Å². The van der Waals surface area contributed by atoms with Gasteiger partial charge in [-0.2, -0.15) is 0 Å². The first kappa shape index (κ1) is 22.8. The van der Waals surface area contributed by atoms with Crippen molar-refractivity contribution in [3.63, 3.8) is 0 Å². The number of hydrogen-bond donors (Lipinski definition) is 0. The van der Waals surface area contributed by atoms with Crippen molar-refractivity contribution in [2.75, 3.05) is 6.54 Å². The van der Waals surface area contributed by atoms with Crippen molar-refractivity contribution in [1.29, 1.82) is 0 Å². The maximum absolute atomic E-state index is 11.4. The fraction of sp³-hybridized carbons (Fsp3) is 0.167. The zero-order chi connectivity index (χ0) is 23.2. The van der Waals surface area contributed by atoms with Crippen LogP contribution in [-0.2, 0) is 6.61 Å². The van der Waals surface area contributed by atoms with Crippen molar-refractivity contribution in [1.82, 2.24) is 14.8 Å². The molecule has 4 rings (SSSR count). The number of para-hydroxylation sites is 1. The molecular formula is C24H21ClN4O3S. The molecule has 33 heavy (non-hydrogen) atoms. The summed E-state index contributed by atoms with van der Waals surface area (Å²) in [6, 6.07) is 24.5. The van der Waals surface area contributed by atoms with Gasteiger partial charge in [0.25, 0.3) is 0 Å². The maximum Gasteiger partial charge on any atom is 0.220 e. The topological polar surface area (TPSA) is 83.1 Å². The highest BCUT2D eigenvalue weighted by Gasteiger charge is 2.23. The van der Waals surface area contributed by atoms with E-state index in [-0.39, 0.29) is 11.5 Å². The highest BCUT2D eigenvalue weighted by Crippen LogP contribution is 2.36. The molecule has 4 aromatic rings. The standard InChI is InChI=1S/C24H21ClN4O3S/c1-17-26-27-24(29(17)20-8-3-2-4-9-20)33-23(15-28(30)31)18-11-13-21(14-12-18)32-16-19-7-5-6-10-22(19)25/h2-14,23H,15-16H2,1H3/t23-/m0/s1. The van der Waals surface area contributed by atoms with Crippen LogP contribution in [0.2, 0.25) is 5.02 Å². The van der Waals surface area contributed by atoms with Crippen LogP contribution in [0.3, 0.4) is 0 Å². The summed E-state index contributed by atoms with van der Waals surface area (Å²) in [7, 11) is 0. The van der Waals surface area contributed by atoms with Gasteiger partial charge in [-0.15, -0.1) is 10.2 Å². The van der Waals surface area contributed by atoms with E-state index in [1.54, 1.807) is 0 Å². The van der Waals surface area contributed by atoms with E-state index in [9.17, 15) is 10.1 Å². The smallest absolute Gasteiger partial charge is 0.220 e. The second kappa shape index (κ2) is 10.5. The Labute approximate surface area is 200 Å². The molecule has 0 unspecified atom stereocenters. The summed E-state index contributed by atoms with van der Waals surface area (Å²) in [5.74, 6) is 1.37. The molecule has 1 heterocycles. The van der Waals surface area contributed by atoms with E-state index in [1.807, 2.05) is 90.4 Å². The summed E-state index contributed by atoms with van der Waals surface area (Å²) in [6.45, 7) is 1.95. The Morgan fingerprint density at radius 2 is 1.73 bits per heavy atom. The Bertz CT molecular complexity index is 1230. The van der Waals surface area contributed by atoms with Gasteiger partial charge in [0.2, 0.25) is 6.54 Å². The molecule has 0 bridgehead atoms. The molecule has 0 radical (unpaired) electrons. The van der Waals surface area contributed by atoms with E-state index in [1.165, 1.54) is 11.8 Å². The summed E-state index contributed by atoms with van der Waals surface area (Å²) in [4.78, 5) is 11.1. The SMILES string of the molecule is Cc1nnc(S[C@@H](C[N+](=O)[O-])c2ccc(OCc3ccccc3Cl)cc2)n1-c1ccccc1. The highest BCUT2D eigenvalue weighted by atomic mass is 35.5. The number of thioether (sulfide) groups is 1. The van der Waals surface area contributed by atoms with E-state index in [4.69, 9.17) is 16.3 Å². The number of benzene rings is 3. The van der Waals surface area contributed by atoms with Crippen molar-refractivity contribution in [2.45, 2.75) is 23.9 Å². The highest BCUT2D eigenvalue weighted by molar-refractivity contribution is 7.99. The first-order valence-electron chi connectivity index (χ1n) is 10.2. The van der Waals surface area contributed by atoms with Crippen molar-refractivity contribution in [3.05, 3.63) is 111 Å². The molecule has 0 saturated carbocycles. The van der Waals surface area contributed by atoms with E-state index < -0.39 is 5.25 Å². The van der Waals surface area contributed by atoms with Gasteiger partial charge in [-0.05, 0) is 42.8 Å². The van der Waals surface area contributed by atoms with Gasteiger partial charge in [-0.25, -0.2) is 0 Å². The number of hydrogen-bond acceptors (Lipinski definition) is 6. The van der Waals surface area contributed by atoms with E-state index >= 15 is 0 Å². The fourth-order valence-electron chi connectivity index (χ4n) is 3.32. The van der Waals surface area contributed by atoms with Crippen LogP contribution in [0, 0.1) is 17.0 Å². The van der Waals surface area contributed by atoms with Gasteiger partial charge in [-0.3, -0.25) is 14.7 Å². The first-order chi connectivity index (χ1) is 16.0. The third kappa shape index (κ3) is 5.71. The quantitative estimate of drug-likeness (QED) is 0.168. The van der Waals surface area contributed by atoms with Gasteiger partial charge >= 0.3 is 0 Å². The van der Waals surface area contributed by atoms with Crippen LogP contribution in [0.15, 0.2) is 84.0 Å². The second-order valence-electron chi connectivity index (χ2n) is 7.27. The number of ether oxygens (including phenoxy) is 1. The Balaban J connectivity index is 1.53. The molecule has 9 heteroatoms. The van der Waals surface area contributed by atoms with Crippen LogP contribution in [0.4, 0.5) is 0 Å². The minimum absolute atomic E-state index is 0.245. The molecule has 0 aliphatic carbocycles. The molecule has 0 amide bonds.